The number of pyridine rings is 1. The van der Waals surface area contributed by atoms with Gasteiger partial charge in [0.1, 0.15) is 5.56 Å². The summed E-state index contributed by atoms with van der Waals surface area (Å²) in [4.78, 5) is 29.1. The lowest BCUT2D eigenvalue weighted by molar-refractivity contribution is 0.102. The van der Waals surface area contributed by atoms with Gasteiger partial charge in [0.15, 0.2) is 0 Å². The second kappa shape index (κ2) is 8.89. The van der Waals surface area contributed by atoms with E-state index in [-0.39, 0.29) is 5.56 Å². The number of hydrogen-bond acceptors (Lipinski definition) is 2. The summed E-state index contributed by atoms with van der Waals surface area (Å²) in [6, 6.07) is 25.1. The van der Waals surface area contributed by atoms with Gasteiger partial charge in [0.2, 0.25) is 0 Å². The fraction of sp³-hybridized carbons (Fsp3) is 0.0769. The maximum Gasteiger partial charge on any atom is 0.261 e. The number of halogens is 1. The van der Waals surface area contributed by atoms with Gasteiger partial charge >= 0.3 is 0 Å². The van der Waals surface area contributed by atoms with E-state index >= 15 is 0 Å². The Hall–Kier alpha value is -3.19. The van der Waals surface area contributed by atoms with Crippen LogP contribution >= 0.6 is 22.6 Å². The van der Waals surface area contributed by atoms with Gasteiger partial charge in [-0.1, -0.05) is 59.7 Å². The molecule has 0 radical (unpaired) electrons. The number of nitrogens with one attached hydrogen (secondary N) is 2. The molecule has 31 heavy (non-hydrogen) atoms. The van der Waals surface area contributed by atoms with Gasteiger partial charge in [0.25, 0.3) is 11.5 Å². The summed E-state index contributed by atoms with van der Waals surface area (Å²) in [5.74, 6) is -0.435. The fourth-order valence-corrected chi connectivity index (χ4v) is 3.72. The molecule has 1 amide bonds. The smallest absolute Gasteiger partial charge is 0.261 e. The van der Waals surface area contributed by atoms with Crippen molar-refractivity contribution in [1.82, 2.24) is 4.98 Å². The highest BCUT2D eigenvalue weighted by molar-refractivity contribution is 14.1. The van der Waals surface area contributed by atoms with Crippen LogP contribution in [0.5, 0.6) is 0 Å². The average Bonchev–Trinajstić information content (AvgIpc) is 2.76. The molecule has 0 atom stereocenters. The van der Waals surface area contributed by atoms with E-state index in [9.17, 15) is 9.59 Å². The Morgan fingerprint density at radius 2 is 1.35 bits per heavy atom. The molecule has 0 fully saturated rings. The van der Waals surface area contributed by atoms with Crippen molar-refractivity contribution in [2.45, 2.75) is 13.8 Å². The number of amides is 1. The van der Waals surface area contributed by atoms with Crippen LogP contribution in [0.4, 0.5) is 5.69 Å². The number of carbonyl (C=O) groups is 1. The van der Waals surface area contributed by atoms with Crippen LogP contribution < -0.4 is 10.9 Å². The van der Waals surface area contributed by atoms with Crippen LogP contribution in [-0.2, 0) is 0 Å². The topological polar surface area (TPSA) is 62.0 Å². The molecule has 154 valence electrons. The molecule has 0 bridgehead atoms. The van der Waals surface area contributed by atoms with Crippen LogP contribution in [0.3, 0.4) is 0 Å². The standard InChI is InChI=1S/C26H21IN2O2/c1-16-3-7-18(8-4-16)22-15-23(19-9-11-20(27)12-10-19)29-26(31)24(22)25(30)28-21-13-5-17(2)6-14-21/h3-15H,1-2H3,(H,28,30)(H,29,31). The number of carbonyl (C=O) groups excluding carboxylic acids is 1. The van der Waals surface area contributed by atoms with Gasteiger partial charge in [-0.3, -0.25) is 9.59 Å². The molecule has 2 N–H and O–H groups in total. The lowest BCUT2D eigenvalue weighted by atomic mass is 9.97. The molecule has 1 aromatic heterocycles. The first-order valence-electron chi connectivity index (χ1n) is 9.89. The zero-order valence-corrected chi connectivity index (χ0v) is 19.4. The Balaban J connectivity index is 1.83. The second-order valence-corrected chi connectivity index (χ2v) is 8.74. The number of anilines is 1. The van der Waals surface area contributed by atoms with E-state index in [2.05, 4.69) is 32.9 Å². The molecule has 0 aliphatic rings. The van der Waals surface area contributed by atoms with Gasteiger partial charge in [0, 0.05) is 20.5 Å². The normalized spacial score (nSPS) is 10.7. The zero-order valence-electron chi connectivity index (χ0n) is 17.2. The molecule has 0 aliphatic heterocycles. The number of H-pyrrole nitrogens is 1. The predicted molar refractivity (Wildman–Crippen MR) is 135 cm³/mol. The van der Waals surface area contributed by atoms with Crippen LogP contribution in [0.1, 0.15) is 21.5 Å². The highest BCUT2D eigenvalue weighted by Crippen LogP contribution is 2.27. The lowest BCUT2D eigenvalue weighted by Gasteiger charge is -2.13. The third-order valence-electron chi connectivity index (χ3n) is 5.09. The molecule has 0 unspecified atom stereocenters. The summed E-state index contributed by atoms with van der Waals surface area (Å²) in [6.07, 6.45) is 0. The molecule has 4 rings (SSSR count). The van der Waals surface area contributed by atoms with Crippen molar-refractivity contribution in [3.05, 3.63) is 109 Å². The maximum absolute atomic E-state index is 13.1. The van der Waals surface area contributed by atoms with Crippen molar-refractivity contribution in [1.29, 1.82) is 0 Å². The summed E-state index contributed by atoms with van der Waals surface area (Å²) in [7, 11) is 0. The summed E-state index contributed by atoms with van der Waals surface area (Å²) in [6.45, 7) is 3.98. The van der Waals surface area contributed by atoms with E-state index < -0.39 is 11.5 Å². The summed E-state index contributed by atoms with van der Waals surface area (Å²) in [5.41, 5.74) is 5.50. The number of hydrogen-bond donors (Lipinski definition) is 2. The Morgan fingerprint density at radius 1 is 0.806 bits per heavy atom. The molecule has 5 heteroatoms. The first kappa shape index (κ1) is 21.1. The van der Waals surface area contributed by atoms with Crippen molar-refractivity contribution < 1.29 is 4.79 Å². The first-order valence-corrected chi connectivity index (χ1v) is 11.0. The van der Waals surface area contributed by atoms with Crippen molar-refractivity contribution >= 4 is 34.2 Å². The molecule has 0 saturated heterocycles. The molecule has 0 spiro atoms. The van der Waals surface area contributed by atoms with Gasteiger partial charge in [-0.25, -0.2) is 0 Å². The molecule has 0 aliphatic carbocycles. The molecule has 1 heterocycles. The maximum atomic E-state index is 13.1. The highest BCUT2D eigenvalue weighted by atomic mass is 127. The Morgan fingerprint density at radius 3 is 1.97 bits per heavy atom. The van der Waals surface area contributed by atoms with E-state index in [4.69, 9.17) is 0 Å². The number of rotatable bonds is 4. The molecular weight excluding hydrogens is 499 g/mol. The van der Waals surface area contributed by atoms with E-state index in [1.165, 1.54) is 0 Å². The molecule has 4 aromatic rings. The largest absolute Gasteiger partial charge is 0.322 e. The minimum absolute atomic E-state index is 0.0960. The van der Waals surface area contributed by atoms with Gasteiger partial charge in [-0.2, -0.15) is 0 Å². The predicted octanol–water partition coefficient (Wildman–Crippen LogP) is 6.18. The van der Waals surface area contributed by atoms with E-state index in [1.54, 1.807) is 0 Å². The number of aromatic nitrogens is 1. The minimum atomic E-state index is -0.435. The quantitative estimate of drug-likeness (QED) is 0.316. The van der Waals surface area contributed by atoms with Crippen LogP contribution in [0.25, 0.3) is 22.4 Å². The van der Waals surface area contributed by atoms with Gasteiger partial charge in [-0.05, 0) is 77.9 Å². The third kappa shape index (κ3) is 4.77. The first-order chi connectivity index (χ1) is 14.9. The van der Waals surface area contributed by atoms with E-state index in [0.717, 1.165) is 25.8 Å². The van der Waals surface area contributed by atoms with Crippen LogP contribution in [0.2, 0.25) is 0 Å². The molecule has 3 aromatic carbocycles. The van der Waals surface area contributed by atoms with Crippen LogP contribution in [-0.4, -0.2) is 10.9 Å². The number of aryl methyl sites for hydroxylation is 2. The average molecular weight is 520 g/mol. The summed E-state index contributed by atoms with van der Waals surface area (Å²) >= 11 is 2.24. The summed E-state index contributed by atoms with van der Waals surface area (Å²) < 4.78 is 1.11. The van der Waals surface area contributed by atoms with Crippen LogP contribution in [0, 0.1) is 17.4 Å². The van der Waals surface area contributed by atoms with Gasteiger partial charge < -0.3 is 10.3 Å². The Kier molecular flexibility index (Phi) is 6.04. The number of benzene rings is 3. The minimum Gasteiger partial charge on any atom is -0.322 e. The lowest BCUT2D eigenvalue weighted by Crippen LogP contribution is -2.25. The molecule has 4 nitrogen and oxygen atoms in total. The van der Waals surface area contributed by atoms with Crippen molar-refractivity contribution in [3.8, 4) is 22.4 Å². The van der Waals surface area contributed by atoms with E-state index in [0.29, 0.717) is 16.9 Å². The zero-order chi connectivity index (χ0) is 22.0. The molecular formula is C26H21IN2O2. The van der Waals surface area contributed by atoms with Crippen molar-refractivity contribution in [2.75, 3.05) is 5.32 Å². The van der Waals surface area contributed by atoms with Gasteiger partial charge in [-0.15, -0.1) is 0 Å². The number of aromatic amines is 1. The fourth-order valence-electron chi connectivity index (χ4n) is 3.36. The molecule has 0 saturated carbocycles. The highest BCUT2D eigenvalue weighted by Gasteiger charge is 2.19. The van der Waals surface area contributed by atoms with E-state index in [1.807, 2.05) is 92.7 Å². The summed E-state index contributed by atoms with van der Waals surface area (Å²) in [5, 5.41) is 2.85. The SMILES string of the molecule is Cc1ccc(NC(=O)c2c(-c3ccc(C)cc3)cc(-c3ccc(I)cc3)[nH]c2=O)cc1. The monoisotopic (exact) mass is 520 g/mol. The Bertz CT molecular complexity index is 1290. The third-order valence-corrected chi connectivity index (χ3v) is 5.81. The van der Waals surface area contributed by atoms with Crippen molar-refractivity contribution in [2.24, 2.45) is 0 Å². The van der Waals surface area contributed by atoms with Crippen molar-refractivity contribution in [3.63, 3.8) is 0 Å². The Labute approximate surface area is 194 Å². The second-order valence-electron chi connectivity index (χ2n) is 7.49. The van der Waals surface area contributed by atoms with Gasteiger partial charge in [0.05, 0.1) is 0 Å². The van der Waals surface area contributed by atoms with Crippen LogP contribution in [0.15, 0.2) is 83.7 Å².